The van der Waals surface area contributed by atoms with Crippen LogP contribution in [-0.2, 0) is 14.8 Å². The first-order valence-corrected chi connectivity index (χ1v) is 8.90. The summed E-state index contributed by atoms with van der Waals surface area (Å²) in [5.41, 5.74) is 6.07. The van der Waals surface area contributed by atoms with Gasteiger partial charge in [0.1, 0.15) is 6.54 Å². The van der Waals surface area contributed by atoms with Gasteiger partial charge in [0.2, 0.25) is 5.91 Å². The Balaban J connectivity index is 1.90. The van der Waals surface area contributed by atoms with Gasteiger partial charge in [0.15, 0.2) is 0 Å². The minimum absolute atomic E-state index is 0.148. The predicted molar refractivity (Wildman–Crippen MR) is 89.7 cm³/mol. The topological polar surface area (TPSA) is 92.5 Å². The highest BCUT2D eigenvalue weighted by atomic mass is 32.2. The van der Waals surface area contributed by atoms with E-state index in [2.05, 4.69) is 5.32 Å². The second-order valence-electron chi connectivity index (χ2n) is 5.79. The van der Waals surface area contributed by atoms with Gasteiger partial charge in [-0.2, -0.15) is 0 Å². The minimum Gasteiger partial charge on any atom is -0.354 e. The summed E-state index contributed by atoms with van der Waals surface area (Å²) in [6, 6.07) is 10.5. The molecule has 3 N–H and O–H groups in total. The Hall–Kier alpha value is -2.12. The van der Waals surface area contributed by atoms with Gasteiger partial charge < -0.3 is 11.1 Å². The third-order valence-corrected chi connectivity index (χ3v) is 5.82. The van der Waals surface area contributed by atoms with Crippen LogP contribution in [0.25, 0.3) is 10.8 Å². The molecular weight excluding hydrogens is 314 g/mol. The number of hydrogen-bond acceptors (Lipinski definition) is 4. The molecule has 23 heavy (non-hydrogen) atoms. The standard InChI is InChI=1S/C16H19N3O3S/c1-11(8-17)9-18-15(20)10-19-13-6-2-4-12-5-3-7-14(16(12)13)23(19,21)22/h2-7,11H,8-10,17H2,1H3,(H,18,20). The molecule has 1 aliphatic heterocycles. The fraction of sp³-hybridized carbons (Fsp3) is 0.312. The van der Waals surface area contributed by atoms with Crippen LogP contribution in [0.3, 0.4) is 0 Å². The molecule has 1 aliphatic rings. The van der Waals surface area contributed by atoms with Crippen LogP contribution in [0.2, 0.25) is 0 Å². The third kappa shape index (κ3) is 2.66. The number of carbonyl (C=O) groups is 1. The van der Waals surface area contributed by atoms with Gasteiger partial charge in [-0.25, -0.2) is 8.42 Å². The van der Waals surface area contributed by atoms with Crippen LogP contribution >= 0.6 is 0 Å². The van der Waals surface area contributed by atoms with E-state index in [4.69, 9.17) is 5.73 Å². The highest BCUT2D eigenvalue weighted by Crippen LogP contribution is 2.41. The molecule has 3 rings (SSSR count). The first-order valence-electron chi connectivity index (χ1n) is 7.46. The van der Waals surface area contributed by atoms with Crippen molar-refractivity contribution in [2.24, 2.45) is 11.7 Å². The van der Waals surface area contributed by atoms with Gasteiger partial charge in [-0.15, -0.1) is 0 Å². The molecule has 0 saturated heterocycles. The van der Waals surface area contributed by atoms with Gasteiger partial charge in [0.05, 0.1) is 10.6 Å². The van der Waals surface area contributed by atoms with E-state index in [1.165, 1.54) is 4.31 Å². The Kier molecular flexibility index (Phi) is 3.99. The van der Waals surface area contributed by atoms with Crippen LogP contribution in [0.5, 0.6) is 0 Å². The number of hydrogen-bond donors (Lipinski definition) is 2. The van der Waals surface area contributed by atoms with E-state index >= 15 is 0 Å². The highest BCUT2D eigenvalue weighted by Gasteiger charge is 2.36. The summed E-state index contributed by atoms with van der Waals surface area (Å²) >= 11 is 0. The summed E-state index contributed by atoms with van der Waals surface area (Å²) in [7, 11) is -3.69. The number of anilines is 1. The van der Waals surface area contributed by atoms with Crippen LogP contribution in [0.4, 0.5) is 5.69 Å². The van der Waals surface area contributed by atoms with Gasteiger partial charge in [0, 0.05) is 11.9 Å². The Morgan fingerprint density at radius 1 is 1.26 bits per heavy atom. The number of amides is 1. The van der Waals surface area contributed by atoms with Crippen molar-refractivity contribution in [2.75, 3.05) is 23.9 Å². The van der Waals surface area contributed by atoms with E-state index in [9.17, 15) is 13.2 Å². The molecule has 1 unspecified atom stereocenters. The third-order valence-electron chi connectivity index (χ3n) is 4.02. The number of carbonyl (C=O) groups excluding carboxylic acids is 1. The monoisotopic (exact) mass is 333 g/mol. The Labute approximate surface area is 135 Å². The molecule has 0 radical (unpaired) electrons. The van der Waals surface area contributed by atoms with Crippen molar-refractivity contribution in [1.29, 1.82) is 0 Å². The molecule has 2 aromatic carbocycles. The van der Waals surface area contributed by atoms with Gasteiger partial charge >= 0.3 is 0 Å². The lowest BCUT2D eigenvalue weighted by Crippen LogP contribution is -2.41. The van der Waals surface area contributed by atoms with Crippen LogP contribution in [-0.4, -0.2) is 34.0 Å². The number of nitrogens with one attached hydrogen (secondary N) is 1. The number of nitrogens with zero attached hydrogens (tertiary/aromatic N) is 1. The Morgan fingerprint density at radius 2 is 1.96 bits per heavy atom. The summed E-state index contributed by atoms with van der Waals surface area (Å²) in [5, 5.41) is 4.26. The summed E-state index contributed by atoms with van der Waals surface area (Å²) < 4.78 is 26.6. The molecule has 0 aromatic heterocycles. The second-order valence-corrected chi connectivity index (χ2v) is 7.62. The molecule has 0 bridgehead atoms. The van der Waals surface area contributed by atoms with E-state index in [0.717, 1.165) is 5.39 Å². The summed E-state index contributed by atoms with van der Waals surface area (Å²) in [5.74, 6) is -0.187. The zero-order chi connectivity index (χ0) is 16.6. The van der Waals surface area contributed by atoms with Crippen LogP contribution in [0.15, 0.2) is 41.3 Å². The lowest BCUT2D eigenvalue weighted by molar-refractivity contribution is -0.119. The Bertz CT molecular complexity index is 859. The van der Waals surface area contributed by atoms with Crippen molar-refractivity contribution in [2.45, 2.75) is 11.8 Å². The molecule has 1 atom stereocenters. The van der Waals surface area contributed by atoms with Crippen molar-refractivity contribution in [3.63, 3.8) is 0 Å². The van der Waals surface area contributed by atoms with Gasteiger partial charge in [0.25, 0.3) is 10.0 Å². The molecule has 6 nitrogen and oxygen atoms in total. The van der Waals surface area contributed by atoms with Gasteiger partial charge in [-0.1, -0.05) is 31.2 Å². The number of rotatable bonds is 5. The second kappa shape index (κ2) is 5.82. The number of nitrogens with two attached hydrogens (primary N) is 1. The lowest BCUT2D eigenvalue weighted by atomic mass is 10.1. The molecule has 2 aromatic rings. The quantitative estimate of drug-likeness (QED) is 0.856. The SMILES string of the molecule is CC(CN)CNC(=O)CN1c2cccc3cccc(c23)S1(=O)=O. The summed E-state index contributed by atoms with van der Waals surface area (Å²) in [4.78, 5) is 12.4. The first-order chi connectivity index (χ1) is 10.9. The summed E-state index contributed by atoms with van der Waals surface area (Å²) in [6.07, 6.45) is 0. The maximum Gasteiger partial charge on any atom is 0.265 e. The molecule has 0 fully saturated rings. The van der Waals surface area contributed by atoms with Crippen molar-refractivity contribution >= 4 is 32.4 Å². The van der Waals surface area contributed by atoms with Crippen LogP contribution < -0.4 is 15.4 Å². The van der Waals surface area contributed by atoms with Crippen LogP contribution in [0, 0.1) is 5.92 Å². The molecule has 1 amide bonds. The van der Waals surface area contributed by atoms with Crippen molar-refractivity contribution in [3.05, 3.63) is 36.4 Å². The zero-order valence-corrected chi connectivity index (χ0v) is 13.6. The average Bonchev–Trinajstić information content (AvgIpc) is 2.76. The van der Waals surface area contributed by atoms with E-state index in [-0.39, 0.29) is 23.3 Å². The first kappa shape index (κ1) is 15.8. The molecule has 1 heterocycles. The number of sulfonamides is 1. The summed E-state index contributed by atoms with van der Waals surface area (Å²) in [6.45, 7) is 2.59. The molecule has 0 aliphatic carbocycles. The molecule has 0 spiro atoms. The smallest absolute Gasteiger partial charge is 0.265 e. The fourth-order valence-electron chi connectivity index (χ4n) is 2.69. The van der Waals surface area contributed by atoms with E-state index < -0.39 is 10.0 Å². The van der Waals surface area contributed by atoms with Gasteiger partial charge in [-0.05, 0) is 30.0 Å². The van der Waals surface area contributed by atoms with Crippen molar-refractivity contribution < 1.29 is 13.2 Å². The largest absolute Gasteiger partial charge is 0.354 e. The zero-order valence-electron chi connectivity index (χ0n) is 12.8. The van der Waals surface area contributed by atoms with Crippen LogP contribution in [0.1, 0.15) is 6.92 Å². The molecular formula is C16H19N3O3S. The maximum absolute atomic E-state index is 12.7. The predicted octanol–water partition coefficient (Wildman–Crippen LogP) is 1.06. The minimum atomic E-state index is -3.69. The van der Waals surface area contributed by atoms with Crippen molar-refractivity contribution in [3.8, 4) is 0 Å². The van der Waals surface area contributed by atoms with Crippen molar-refractivity contribution in [1.82, 2.24) is 5.32 Å². The normalized spacial score (nSPS) is 16.5. The lowest BCUT2D eigenvalue weighted by Gasteiger charge is -2.19. The van der Waals surface area contributed by atoms with E-state index in [1.54, 1.807) is 24.3 Å². The molecule has 7 heteroatoms. The maximum atomic E-state index is 12.7. The molecule has 0 saturated carbocycles. The molecule has 122 valence electrons. The number of benzene rings is 2. The highest BCUT2D eigenvalue weighted by molar-refractivity contribution is 7.93. The Morgan fingerprint density at radius 3 is 2.65 bits per heavy atom. The van der Waals surface area contributed by atoms with E-state index in [1.807, 2.05) is 19.1 Å². The van der Waals surface area contributed by atoms with E-state index in [0.29, 0.717) is 24.2 Å². The fourth-order valence-corrected chi connectivity index (χ4v) is 4.35. The van der Waals surface area contributed by atoms with Gasteiger partial charge in [-0.3, -0.25) is 9.10 Å². The average molecular weight is 333 g/mol.